The second-order valence-electron chi connectivity index (χ2n) is 3.56. The van der Waals surface area contributed by atoms with E-state index in [1.165, 1.54) is 13.0 Å². The normalized spacial score (nSPS) is 13.3. The Hall–Kier alpha value is -1.44. The van der Waals surface area contributed by atoms with Gasteiger partial charge in [0, 0.05) is 6.54 Å². The summed E-state index contributed by atoms with van der Waals surface area (Å²) < 4.78 is 26.1. The Kier molecular flexibility index (Phi) is 4.22. The van der Waals surface area contributed by atoms with Gasteiger partial charge in [-0.25, -0.2) is 8.42 Å². The van der Waals surface area contributed by atoms with Crippen molar-refractivity contribution < 1.29 is 13.2 Å². The predicted molar refractivity (Wildman–Crippen MR) is 63.3 cm³/mol. The first kappa shape index (κ1) is 13.6. The molecule has 0 bridgehead atoms. The van der Waals surface area contributed by atoms with Crippen molar-refractivity contribution in [2.24, 2.45) is 11.5 Å². The Morgan fingerprint density at radius 1 is 1.41 bits per heavy atom. The van der Waals surface area contributed by atoms with Crippen molar-refractivity contribution in [3.8, 4) is 0 Å². The zero-order chi connectivity index (χ0) is 13.1. The van der Waals surface area contributed by atoms with Crippen molar-refractivity contribution in [3.63, 3.8) is 0 Å². The molecule has 1 amide bonds. The molecule has 1 aromatic carbocycles. The van der Waals surface area contributed by atoms with E-state index in [1.54, 1.807) is 18.2 Å². The minimum Gasteiger partial charge on any atom is -0.368 e. The van der Waals surface area contributed by atoms with E-state index in [9.17, 15) is 13.2 Å². The summed E-state index contributed by atoms with van der Waals surface area (Å²) in [6.07, 6.45) is 0. The van der Waals surface area contributed by atoms with Gasteiger partial charge in [-0.15, -0.1) is 0 Å². The van der Waals surface area contributed by atoms with Crippen LogP contribution < -0.4 is 16.2 Å². The molecule has 0 aliphatic rings. The minimum absolute atomic E-state index is 0.0654. The van der Waals surface area contributed by atoms with Gasteiger partial charge in [-0.2, -0.15) is 4.72 Å². The Morgan fingerprint density at radius 3 is 2.53 bits per heavy atom. The number of carbonyl (C=O) groups excluding carboxylic acids is 1. The van der Waals surface area contributed by atoms with Crippen molar-refractivity contribution >= 4 is 15.9 Å². The van der Waals surface area contributed by atoms with Gasteiger partial charge in [0.15, 0.2) is 0 Å². The van der Waals surface area contributed by atoms with Crippen LogP contribution in [0.4, 0.5) is 0 Å². The summed E-state index contributed by atoms with van der Waals surface area (Å²) in [6, 6.07) is 5.36. The molecule has 94 valence electrons. The quantitative estimate of drug-likeness (QED) is 0.646. The number of nitrogens with one attached hydrogen (secondary N) is 1. The molecule has 0 saturated heterocycles. The molecule has 0 aliphatic heterocycles. The van der Waals surface area contributed by atoms with E-state index in [-0.39, 0.29) is 11.4 Å². The zero-order valence-electron chi connectivity index (χ0n) is 9.38. The highest BCUT2D eigenvalue weighted by Crippen LogP contribution is 2.14. The third-order valence-electron chi connectivity index (χ3n) is 2.24. The molecule has 1 rings (SSSR count). The largest absolute Gasteiger partial charge is 0.368 e. The molecule has 1 atom stereocenters. The number of amides is 1. The van der Waals surface area contributed by atoms with Gasteiger partial charge in [-0.05, 0) is 18.6 Å². The number of sulfonamides is 1. The Bertz CT molecular complexity index is 513. The summed E-state index contributed by atoms with van der Waals surface area (Å²) in [5.41, 5.74) is 10.9. The van der Waals surface area contributed by atoms with E-state index in [0.717, 1.165) is 0 Å². The highest BCUT2D eigenvalue weighted by molar-refractivity contribution is 7.89. The van der Waals surface area contributed by atoms with Gasteiger partial charge in [0.25, 0.3) is 0 Å². The van der Waals surface area contributed by atoms with E-state index in [0.29, 0.717) is 5.56 Å². The fourth-order valence-corrected chi connectivity index (χ4v) is 2.75. The smallest absolute Gasteiger partial charge is 0.241 e. The molecule has 0 aliphatic carbocycles. The molecule has 7 heteroatoms. The van der Waals surface area contributed by atoms with E-state index < -0.39 is 22.0 Å². The molecular weight excluding hydrogens is 242 g/mol. The SMILES string of the molecule is CC(NS(=O)(=O)c1ccccc1CN)C(N)=O. The molecule has 17 heavy (non-hydrogen) atoms. The Morgan fingerprint density at radius 2 is 2.00 bits per heavy atom. The lowest BCUT2D eigenvalue weighted by molar-refractivity contribution is -0.119. The molecule has 1 aromatic rings. The maximum Gasteiger partial charge on any atom is 0.241 e. The van der Waals surface area contributed by atoms with Crippen LogP contribution in [-0.4, -0.2) is 20.4 Å². The first-order valence-corrected chi connectivity index (χ1v) is 6.46. The monoisotopic (exact) mass is 257 g/mol. The summed E-state index contributed by atoms with van der Waals surface area (Å²) in [5.74, 6) is -0.737. The molecule has 0 fully saturated rings. The van der Waals surface area contributed by atoms with Crippen LogP contribution in [0.1, 0.15) is 12.5 Å². The fraction of sp³-hybridized carbons (Fsp3) is 0.300. The lowest BCUT2D eigenvalue weighted by Crippen LogP contribution is -2.42. The first-order valence-electron chi connectivity index (χ1n) is 4.98. The number of primary amides is 1. The van der Waals surface area contributed by atoms with Crippen LogP contribution in [0.25, 0.3) is 0 Å². The number of hydrogen-bond donors (Lipinski definition) is 3. The summed E-state index contributed by atoms with van der Waals surface area (Å²) >= 11 is 0. The van der Waals surface area contributed by atoms with Crippen molar-refractivity contribution in [1.82, 2.24) is 4.72 Å². The number of carbonyl (C=O) groups is 1. The second kappa shape index (κ2) is 5.26. The third-order valence-corrected chi connectivity index (χ3v) is 3.88. The van der Waals surface area contributed by atoms with E-state index in [1.807, 2.05) is 0 Å². The summed E-state index contributed by atoms with van der Waals surface area (Å²) in [4.78, 5) is 10.9. The highest BCUT2D eigenvalue weighted by Gasteiger charge is 2.22. The fourth-order valence-electron chi connectivity index (χ4n) is 1.29. The highest BCUT2D eigenvalue weighted by atomic mass is 32.2. The van der Waals surface area contributed by atoms with Crippen LogP contribution in [0, 0.1) is 0 Å². The lowest BCUT2D eigenvalue weighted by atomic mass is 10.2. The van der Waals surface area contributed by atoms with Crippen molar-refractivity contribution in [2.75, 3.05) is 0 Å². The number of rotatable bonds is 5. The molecular formula is C10H15N3O3S. The van der Waals surface area contributed by atoms with E-state index in [4.69, 9.17) is 11.5 Å². The van der Waals surface area contributed by atoms with Crippen LogP contribution in [0.15, 0.2) is 29.2 Å². The van der Waals surface area contributed by atoms with Crippen LogP contribution in [-0.2, 0) is 21.4 Å². The summed E-state index contributed by atoms with van der Waals surface area (Å²) in [7, 11) is -3.78. The maximum atomic E-state index is 12.0. The number of benzene rings is 1. The van der Waals surface area contributed by atoms with Crippen LogP contribution in [0.5, 0.6) is 0 Å². The van der Waals surface area contributed by atoms with Gasteiger partial charge in [0.1, 0.15) is 0 Å². The molecule has 0 spiro atoms. The number of hydrogen-bond acceptors (Lipinski definition) is 4. The summed E-state index contributed by atoms with van der Waals surface area (Å²) in [6.45, 7) is 1.48. The Balaban J connectivity index is 3.09. The summed E-state index contributed by atoms with van der Waals surface area (Å²) in [5, 5.41) is 0. The maximum absolute atomic E-state index is 12.0. The predicted octanol–water partition coefficient (Wildman–Crippen LogP) is -0.703. The minimum atomic E-state index is -3.78. The third kappa shape index (κ3) is 3.26. The van der Waals surface area contributed by atoms with Crippen molar-refractivity contribution in [3.05, 3.63) is 29.8 Å². The molecule has 1 unspecified atom stereocenters. The number of nitrogens with two attached hydrogens (primary N) is 2. The van der Waals surface area contributed by atoms with Gasteiger partial charge >= 0.3 is 0 Å². The van der Waals surface area contributed by atoms with Crippen LogP contribution in [0.3, 0.4) is 0 Å². The zero-order valence-corrected chi connectivity index (χ0v) is 10.2. The molecule has 0 radical (unpaired) electrons. The average Bonchev–Trinajstić information content (AvgIpc) is 2.28. The van der Waals surface area contributed by atoms with Gasteiger partial charge in [0.2, 0.25) is 15.9 Å². The molecule has 0 saturated carbocycles. The van der Waals surface area contributed by atoms with Gasteiger partial charge in [-0.1, -0.05) is 18.2 Å². The average molecular weight is 257 g/mol. The van der Waals surface area contributed by atoms with Gasteiger partial charge < -0.3 is 11.5 Å². The van der Waals surface area contributed by atoms with Gasteiger partial charge in [-0.3, -0.25) is 4.79 Å². The van der Waals surface area contributed by atoms with E-state index in [2.05, 4.69) is 4.72 Å². The van der Waals surface area contributed by atoms with Crippen molar-refractivity contribution in [1.29, 1.82) is 0 Å². The second-order valence-corrected chi connectivity index (χ2v) is 5.24. The molecule has 0 heterocycles. The Labute approximate surface area is 100 Å². The van der Waals surface area contributed by atoms with Crippen LogP contribution >= 0.6 is 0 Å². The molecule has 0 aromatic heterocycles. The molecule has 6 nitrogen and oxygen atoms in total. The van der Waals surface area contributed by atoms with Crippen LogP contribution in [0.2, 0.25) is 0 Å². The van der Waals surface area contributed by atoms with E-state index >= 15 is 0 Å². The van der Waals surface area contributed by atoms with Crippen molar-refractivity contribution in [2.45, 2.75) is 24.4 Å². The lowest BCUT2D eigenvalue weighted by Gasteiger charge is -2.13. The molecule has 5 N–H and O–H groups in total. The van der Waals surface area contributed by atoms with Gasteiger partial charge in [0.05, 0.1) is 10.9 Å². The standard InChI is InChI=1S/C10H15N3O3S/c1-7(10(12)14)13-17(15,16)9-5-3-2-4-8(9)6-11/h2-5,7,13H,6,11H2,1H3,(H2,12,14). The topological polar surface area (TPSA) is 115 Å². The first-order chi connectivity index (χ1) is 7.88.